The fraction of sp³-hybridized carbons (Fsp3) is 0.562. The molecule has 2 aromatic heterocycles. The lowest BCUT2D eigenvalue weighted by Crippen LogP contribution is -2.43. The van der Waals surface area contributed by atoms with Gasteiger partial charge < -0.3 is 9.64 Å². The quantitative estimate of drug-likeness (QED) is 0.869. The summed E-state index contributed by atoms with van der Waals surface area (Å²) in [6, 6.07) is 1.90. The van der Waals surface area contributed by atoms with Gasteiger partial charge in [0.15, 0.2) is 5.65 Å². The summed E-state index contributed by atoms with van der Waals surface area (Å²) in [5.41, 5.74) is 2.33. The van der Waals surface area contributed by atoms with Crippen molar-refractivity contribution in [3.8, 4) is 0 Å². The molecule has 0 saturated carbocycles. The Hall–Kier alpha value is -1.95. The monoisotopic (exact) mass is 302 g/mol. The molecule has 0 aromatic carbocycles. The van der Waals surface area contributed by atoms with E-state index >= 15 is 0 Å². The van der Waals surface area contributed by atoms with E-state index in [1.165, 1.54) is 0 Å². The zero-order chi connectivity index (χ0) is 15.7. The predicted molar refractivity (Wildman–Crippen MR) is 83.8 cm³/mol. The van der Waals surface area contributed by atoms with Crippen molar-refractivity contribution in [1.29, 1.82) is 0 Å². The first-order valence-electron chi connectivity index (χ1n) is 7.80. The number of hydrogen-bond acceptors (Lipinski definition) is 4. The minimum absolute atomic E-state index is 0.0297. The van der Waals surface area contributed by atoms with E-state index in [2.05, 4.69) is 10.1 Å². The Bertz CT molecular complexity index is 693. The van der Waals surface area contributed by atoms with Crippen LogP contribution in [0.3, 0.4) is 0 Å². The number of rotatable bonds is 3. The third-order valence-electron chi connectivity index (χ3n) is 4.18. The van der Waals surface area contributed by atoms with Crippen LogP contribution in [-0.4, -0.2) is 51.4 Å². The third-order valence-corrected chi connectivity index (χ3v) is 4.18. The second-order valence-electron chi connectivity index (χ2n) is 5.77. The van der Waals surface area contributed by atoms with Gasteiger partial charge in [-0.3, -0.25) is 9.48 Å². The maximum Gasteiger partial charge on any atom is 0.255 e. The van der Waals surface area contributed by atoms with Crippen molar-refractivity contribution in [3.05, 3.63) is 23.5 Å². The Morgan fingerprint density at radius 3 is 3.09 bits per heavy atom. The first-order valence-corrected chi connectivity index (χ1v) is 7.80. The van der Waals surface area contributed by atoms with E-state index in [1.54, 1.807) is 10.9 Å². The van der Waals surface area contributed by atoms with Gasteiger partial charge in [0.25, 0.3) is 5.91 Å². The fourth-order valence-corrected chi connectivity index (χ4v) is 3.10. The summed E-state index contributed by atoms with van der Waals surface area (Å²) < 4.78 is 7.41. The number of hydrogen-bond donors (Lipinski definition) is 0. The maximum atomic E-state index is 12.7. The zero-order valence-corrected chi connectivity index (χ0v) is 13.4. The van der Waals surface area contributed by atoms with E-state index in [4.69, 9.17) is 4.74 Å². The Morgan fingerprint density at radius 2 is 2.32 bits per heavy atom. The summed E-state index contributed by atoms with van der Waals surface area (Å²) in [5.74, 6) is 0.0297. The van der Waals surface area contributed by atoms with Gasteiger partial charge in [-0.25, -0.2) is 4.98 Å². The predicted octanol–water partition coefficient (Wildman–Crippen LogP) is 1.92. The summed E-state index contributed by atoms with van der Waals surface area (Å²) in [6.45, 7) is 6.06. The number of ether oxygens (including phenoxy) is 1. The van der Waals surface area contributed by atoms with E-state index in [1.807, 2.05) is 31.9 Å². The molecule has 6 nitrogen and oxygen atoms in total. The average molecular weight is 302 g/mol. The molecule has 0 spiro atoms. The molecular weight excluding hydrogens is 280 g/mol. The highest BCUT2D eigenvalue weighted by Crippen LogP contribution is 2.20. The number of pyridine rings is 1. The standard InChI is InChI=1S/C16H22N4O2/c1-4-22-13-6-5-7-20(10-13)16(21)12-8-14-11(2)18-19(3)15(14)17-9-12/h8-9,13H,4-7,10H2,1-3H3/t13-/m0/s1. The van der Waals surface area contributed by atoms with E-state index < -0.39 is 0 Å². The average Bonchev–Trinajstić information content (AvgIpc) is 2.81. The lowest BCUT2D eigenvalue weighted by atomic mass is 10.1. The summed E-state index contributed by atoms with van der Waals surface area (Å²) in [7, 11) is 1.86. The minimum Gasteiger partial charge on any atom is -0.377 e. The molecule has 0 N–H and O–H groups in total. The van der Waals surface area contributed by atoms with Crippen LogP contribution in [0.4, 0.5) is 0 Å². The number of carbonyl (C=O) groups is 1. The van der Waals surface area contributed by atoms with Crippen LogP contribution >= 0.6 is 0 Å². The third kappa shape index (κ3) is 2.70. The second kappa shape index (κ2) is 6.04. The van der Waals surface area contributed by atoms with Crippen LogP contribution in [0.2, 0.25) is 0 Å². The number of fused-ring (bicyclic) bond motifs is 1. The molecule has 1 aliphatic rings. The Morgan fingerprint density at radius 1 is 1.50 bits per heavy atom. The van der Waals surface area contributed by atoms with Crippen molar-refractivity contribution in [2.24, 2.45) is 7.05 Å². The van der Waals surface area contributed by atoms with Crippen LogP contribution in [0.25, 0.3) is 11.0 Å². The molecule has 0 aliphatic carbocycles. The molecule has 6 heteroatoms. The molecule has 22 heavy (non-hydrogen) atoms. The van der Waals surface area contributed by atoms with Crippen LogP contribution in [-0.2, 0) is 11.8 Å². The van der Waals surface area contributed by atoms with Crippen LogP contribution < -0.4 is 0 Å². The van der Waals surface area contributed by atoms with Crippen molar-refractivity contribution in [1.82, 2.24) is 19.7 Å². The number of aromatic nitrogens is 3. The van der Waals surface area contributed by atoms with Crippen LogP contribution in [0, 0.1) is 6.92 Å². The molecule has 2 aromatic rings. The van der Waals surface area contributed by atoms with Crippen molar-refractivity contribution >= 4 is 16.9 Å². The first-order chi connectivity index (χ1) is 10.6. The number of nitrogens with zero attached hydrogens (tertiary/aromatic N) is 4. The van der Waals surface area contributed by atoms with E-state index in [0.717, 1.165) is 36.1 Å². The molecule has 118 valence electrons. The van der Waals surface area contributed by atoms with Crippen LogP contribution in [0.15, 0.2) is 12.3 Å². The molecule has 0 radical (unpaired) electrons. The van der Waals surface area contributed by atoms with Crippen molar-refractivity contribution in [2.45, 2.75) is 32.8 Å². The van der Waals surface area contributed by atoms with Crippen LogP contribution in [0.1, 0.15) is 35.8 Å². The number of piperidine rings is 1. The van der Waals surface area contributed by atoms with Crippen molar-refractivity contribution < 1.29 is 9.53 Å². The Balaban J connectivity index is 1.84. The van der Waals surface area contributed by atoms with Gasteiger partial charge in [0, 0.05) is 38.3 Å². The van der Waals surface area contributed by atoms with Crippen molar-refractivity contribution in [3.63, 3.8) is 0 Å². The minimum atomic E-state index is 0.0297. The van der Waals surface area contributed by atoms with E-state index in [-0.39, 0.29) is 12.0 Å². The fourth-order valence-electron chi connectivity index (χ4n) is 3.10. The molecule has 1 aliphatic heterocycles. The smallest absolute Gasteiger partial charge is 0.255 e. The largest absolute Gasteiger partial charge is 0.377 e. The van der Waals surface area contributed by atoms with E-state index in [0.29, 0.717) is 18.7 Å². The highest BCUT2D eigenvalue weighted by Gasteiger charge is 2.25. The lowest BCUT2D eigenvalue weighted by molar-refractivity contribution is 0.00723. The number of amides is 1. The van der Waals surface area contributed by atoms with Crippen molar-refractivity contribution in [2.75, 3.05) is 19.7 Å². The van der Waals surface area contributed by atoms with Gasteiger partial charge in [0.05, 0.1) is 17.4 Å². The second-order valence-corrected chi connectivity index (χ2v) is 5.77. The van der Waals surface area contributed by atoms with E-state index in [9.17, 15) is 4.79 Å². The molecule has 1 atom stereocenters. The summed E-state index contributed by atoms with van der Waals surface area (Å²) in [4.78, 5) is 19.0. The Labute approximate surface area is 130 Å². The van der Waals surface area contributed by atoms with Gasteiger partial charge in [-0.05, 0) is 32.8 Å². The van der Waals surface area contributed by atoms with Crippen LogP contribution in [0.5, 0.6) is 0 Å². The lowest BCUT2D eigenvalue weighted by Gasteiger charge is -2.32. The Kier molecular flexibility index (Phi) is 4.11. The van der Waals surface area contributed by atoms with Gasteiger partial charge in [-0.15, -0.1) is 0 Å². The maximum absolute atomic E-state index is 12.7. The van der Waals surface area contributed by atoms with Gasteiger partial charge in [-0.1, -0.05) is 0 Å². The normalized spacial score (nSPS) is 18.9. The zero-order valence-electron chi connectivity index (χ0n) is 13.4. The number of likely N-dealkylation sites (tertiary alicyclic amines) is 1. The molecule has 3 rings (SSSR count). The van der Waals surface area contributed by atoms with Gasteiger partial charge >= 0.3 is 0 Å². The number of carbonyl (C=O) groups excluding carboxylic acids is 1. The molecule has 0 bridgehead atoms. The van der Waals surface area contributed by atoms with Gasteiger partial charge in [0.2, 0.25) is 0 Å². The first kappa shape index (κ1) is 15.0. The molecule has 1 fully saturated rings. The summed E-state index contributed by atoms with van der Waals surface area (Å²) in [6.07, 6.45) is 3.81. The highest BCUT2D eigenvalue weighted by molar-refractivity contribution is 5.97. The molecule has 3 heterocycles. The number of aryl methyl sites for hydroxylation is 2. The summed E-state index contributed by atoms with van der Waals surface area (Å²) in [5, 5.41) is 5.29. The summed E-state index contributed by atoms with van der Waals surface area (Å²) >= 11 is 0. The molecule has 1 amide bonds. The van der Waals surface area contributed by atoms with Gasteiger partial charge in [-0.2, -0.15) is 5.10 Å². The SMILES string of the molecule is CCO[C@H]1CCCN(C(=O)c2cnc3c(c2)c(C)nn3C)C1. The van der Waals surface area contributed by atoms with Gasteiger partial charge in [0.1, 0.15) is 0 Å². The topological polar surface area (TPSA) is 60.2 Å². The highest BCUT2D eigenvalue weighted by atomic mass is 16.5. The molecule has 1 saturated heterocycles. The molecular formula is C16H22N4O2. The molecule has 0 unspecified atom stereocenters.